The molecule has 1 atom stereocenters. The van der Waals surface area contributed by atoms with Crippen LogP contribution in [0.2, 0.25) is 0 Å². The van der Waals surface area contributed by atoms with Crippen molar-refractivity contribution in [1.82, 2.24) is 20.4 Å². The van der Waals surface area contributed by atoms with Gasteiger partial charge in [0.1, 0.15) is 0 Å². The van der Waals surface area contributed by atoms with Crippen LogP contribution >= 0.6 is 0 Å². The van der Waals surface area contributed by atoms with E-state index >= 15 is 0 Å². The molecule has 1 aliphatic rings. The number of rotatable bonds is 8. The number of aromatic amines is 1. The smallest absolute Gasteiger partial charge is 0.254 e. The Hall–Kier alpha value is -1.44. The van der Waals surface area contributed by atoms with Crippen LogP contribution in [0.1, 0.15) is 34.8 Å². The first kappa shape index (κ1) is 16.9. The Balaban J connectivity index is 1.97. The number of carbonyl (C=O) groups excluding carboxylic acids is 1. The lowest BCUT2D eigenvalue weighted by molar-refractivity contribution is 0.0933. The number of nitrogens with one attached hydrogen (secondary N) is 2. The van der Waals surface area contributed by atoms with Crippen LogP contribution in [0, 0.1) is 0 Å². The molecule has 1 fully saturated rings. The number of ether oxygens (including phenoxy) is 2. The first-order valence-electron chi connectivity index (χ1n) is 7.78. The van der Waals surface area contributed by atoms with Crippen LogP contribution in [0.5, 0.6) is 0 Å². The molecule has 124 valence electrons. The third-order valence-corrected chi connectivity index (χ3v) is 4.03. The van der Waals surface area contributed by atoms with E-state index in [1.165, 1.54) is 0 Å². The monoisotopic (exact) mass is 310 g/mol. The Kier molecular flexibility index (Phi) is 6.82. The number of hydrogen-bond acceptors (Lipinski definition) is 5. The molecule has 1 amide bonds. The highest BCUT2D eigenvalue weighted by Crippen LogP contribution is 2.27. The van der Waals surface area contributed by atoms with E-state index in [9.17, 15) is 4.79 Å². The number of piperidine rings is 1. The van der Waals surface area contributed by atoms with E-state index in [1.807, 2.05) is 0 Å². The SMILES string of the molecule is COCCNC(=O)c1cn[nH]c1[C@H]1CCCN(CCOC)C1. The van der Waals surface area contributed by atoms with Gasteiger partial charge in [0.2, 0.25) is 0 Å². The van der Waals surface area contributed by atoms with Gasteiger partial charge in [-0.05, 0) is 19.4 Å². The number of nitrogens with zero attached hydrogens (tertiary/aromatic N) is 2. The molecule has 0 radical (unpaired) electrons. The molecule has 0 aliphatic carbocycles. The standard InChI is InChI=1S/C15H26N4O3/c1-21-8-5-16-15(20)13-10-17-18-14(13)12-4-3-6-19(11-12)7-9-22-2/h10,12H,3-9,11H2,1-2H3,(H,16,20)(H,17,18)/t12-/m0/s1. The van der Waals surface area contributed by atoms with E-state index in [2.05, 4.69) is 20.4 Å². The Morgan fingerprint density at radius 1 is 1.45 bits per heavy atom. The molecule has 2 heterocycles. The predicted octanol–water partition coefficient (Wildman–Crippen LogP) is 0.612. The van der Waals surface area contributed by atoms with E-state index in [0.717, 1.165) is 44.8 Å². The molecular weight excluding hydrogens is 284 g/mol. The van der Waals surface area contributed by atoms with Crippen molar-refractivity contribution in [3.8, 4) is 0 Å². The summed E-state index contributed by atoms with van der Waals surface area (Å²) in [5.74, 6) is 0.228. The molecular formula is C15H26N4O3. The van der Waals surface area contributed by atoms with Crippen molar-refractivity contribution >= 4 is 5.91 Å². The molecule has 0 aromatic carbocycles. The minimum absolute atomic E-state index is 0.0881. The van der Waals surface area contributed by atoms with Crippen molar-refractivity contribution in [1.29, 1.82) is 0 Å². The van der Waals surface area contributed by atoms with Gasteiger partial charge in [-0.2, -0.15) is 5.10 Å². The van der Waals surface area contributed by atoms with Crippen molar-refractivity contribution in [3.63, 3.8) is 0 Å². The van der Waals surface area contributed by atoms with E-state index in [0.29, 0.717) is 24.6 Å². The summed E-state index contributed by atoms with van der Waals surface area (Å²) >= 11 is 0. The van der Waals surface area contributed by atoms with E-state index in [-0.39, 0.29) is 5.91 Å². The third-order valence-electron chi connectivity index (χ3n) is 4.03. The second-order valence-electron chi connectivity index (χ2n) is 5.58. The topological polar surface area (TPSA) is 79.5 Å². The van der Waals surface area contributed by atoms with Gasteiger partial charge in [0.25, 0.3) is 5.91 Å². The van der Waals surface area contributed by atoms with E-state index in [4.69, 9.17) is 9.47 Å². The number of methoxy groups -OCH3 is 2. The predicted molar refractivity (Wildman–Crippen MR) is 83.1 cm³/mol. The summed E-state index contributed by atoms with van der Waals surface area (Å²) < 4.78 is 10.1. The molecule has 7 nitrogen and oxygen atoms in total. The summed E-state index contributed by atoms with van der Waals surface area (Å²) in [6.07, 6.45) is 3.81. The lowest BCUT2D eigenvalue weighted by atomic mass is 9.92. The Morgan fingerprint density at radius 2 is 2.27 bits per heavy atom. The molecule has 0 spiro atoms. The van der Waals surface area contributed by atoms with E-state index in [1.54, 1.807) is 20.4 Å². The number of carbonyl (C=O) groups is 1. The molecule has 0 unspecified atom stereocenters. The second kappa shape index (κ2) is 8.87. The molecule has 1 saturated heterocycles. The normalized spacial score (nSPS) is 19.3. The fourth-order valence-electron chi connectivity index (χ4n) is 2.86. The van der Waals surface area contributed by atoms with Crippen molar-refractivity contribution in [2.24, 2.45) is 0 Å². The molecule has 2 rings (SSSR count). The van der Waals surface area contributed by atoms with Crippen LogP contribution in [0.4, 0.5) is 0 Å². The third kappa shape index (κ3) is 4.53. The maximum absolute atomic E-state index is 12.2. The van der Waals surface area contributed by atoms with Gasteiger partial charge in [0.05, 0.1) is 30.7 Å². The first-order chi connectivity index (χ1) is 10.8. The number of hydrogen-bond donors (Lipinski definition) is 2. The summed E-state index contributed by atoms with van der Waals surface area (Å²) in [6, 6.07) is 0. The minimum Gasteiger partial charge on any atom is -0.383 e. The van der Waals surface area contributed by atoms with Gasteiger partial charge in [0.15, 0.2) is 0 Å². The van der Waals surface area contributed by atoms with Crippen LogP contribution in [-0.2, 0) is 9.47 Å². The maximum Gasteiger partial charge on any atom is 0.254 e. The summed E-state index contributed by atoms with van der Waals surface area (Å²) in [6.45, 7) is 4.70. The van der Waals surface area contributed by atoms with Crippen LogP contribution in [0.15, 0.2) is 6.20 Å². The Labute approximate surface area is 131 Å². The lowest BCUT2D eigenvalue weighted by Crippen LogP contribution is -2.37. The van der Waals surface area contributed by atoms with Crippen molar-refractivity contribution in [2.75, 3.05) is 53.6 Å². The van der Waals surface area contributed by atoms with Gasteiger partial charge < -0.3 is 19.7 Å². The molecule has 22 heavy (non-hydrogen) atoms. The number of likely N-dealkylation sites (tertiary alicyclic amines) is 1. The molecule has 1 aromatic rings. The van der Waals surface area contributed by atoms with Crippen molar-refractivity contribution in [3.05, 3.63) is 17.5 Å². The summed E-state index contributed by atoms with van der Waals surface area (Å²) in [5, 5.41) is 9.95. The van der Waals surface area contributed by atoms with E-state index < -0.39 is 0 Å². The molecule has 1 aliphatic heterocycles. The highest BCUT2D eigenvalue weighted by atomic mass is 16.5. The van der Waals surface area contributed by atoms with Gasteiger partial charge in [0, 0.05) is 39.8 Å². The summed E-state index contributed by atoms with van der Waals surface area (Å²) in [5.41, 5.74) is 1.59. The Morgan fingerprint density at radius 3 is 3.05 bits per heavy atom. The van der Waals surface area contributed by atoms with Crippen LogP contribution in [0.3, 0.4) is 0 Å². The van der Waals surface area contributed by atoms with Crippen LogP contribution < -0.4 is 5.32 Å². The highest BCUT2D eigenvalue weighted by Gasteiger charge is 2.26. The van der Waals surface area contributed by atoms with Gasteiger partial charge in [-0.25, -0.2) is 0 Å². The molecule has 1 aromatic heterocycles. The quantitative estimate of drug-likeness (QED) is 0.688. The average Bonchev–Trinajstić information content (AvgIpc) is 3.03. The molecule has 0 saturated carbocycles. The van der Waals surface area contributed by atoms with Gasteiger partial charge in [-0.3, -0.25) is 9.89 Å². The molecule has 7 heteroatoms. The van der Waals surface area contributed by atoms with Crippen LogP contribution in [-0.4, -0.2) is 74.6 Å². The molecule has 0 bridgehead atoms. The maximum atomic E-state index is 12.2. The van der Waals surface area contributed by atoms with Crippen molar-refractivity contribution in [2.45, 2.75) is 18.8 Å². The lowest BCUT2D eigenvalue weighted by Gasteiger charge is -2.32. The zero-order chi connectivity index (χ0) is 15.8. The van der Waals surface area contributed by atoms with Gasteiger partial charge >= 0.3 is 0 Å². The van der Waals surface area contributed by atoms with Gasteiger partial charge in [-0.15, -0.1) is 0 Å². The number of aromatic nitrogens is 2. The van der Waals surface area contributed by atoms with Crippen molar-refractivity contribution < 1.29 is 14.3 Å². The zero-order valence-corrected chi connectivity index (χ0v) is 13.4. The molecule has 2 N–H and O–H groups in total. The summed E-state index contributed by atoms with van der Waals surface area (Å²) in [4.78, 5) is 14.6. The minimum atomic E-state index is -0.0881. The fraction of sp³-hybridized carbons (Fsp3) is 0.733. The van der Waals surface area contributed by atoms with Crippen LogP contribution in [0.25, 0.3) is 0 Å². The highest BCUT2D eigenvalue weighted by molar-refractivity contribution is 5.95. The summed E-state index contributed by atoms with van der Waals surface area (Å²) in [7, 11) is 3.34. The average molecular weight is 310 g/mol. The largest absolute Gasteiger partial charge is 0.383 e. The number of H-pyrrole nitrogens is 1. The zero-order valence-electron chi connectivity index (χ0n) is 13.4. The fourth-order valence-corrected chi connectivity index (χ4v) is 2.86. The second-order valence-corrected chi connectivity index (χ2v) is 5.58. The number of amides is 1. The first-order valence-corrected chi connectivity index (χ1v) is 7.78. The van der Waals surface area contributed by atoms with Gasteiger partial charge in [-0.1, -0.05) is 0 Å². The Bertz CT molecular complexity index is 463.